The minimum absolute atomic E-state index is 0.0322. The molecular formula is C21H19N3O4S. The molecule has 0 aliphatic heterocycles. The first kappa shape index (κ1) is 20.2. The van der Waals surface area contributed by atoms with Gasteiger partial charge in [0.2, 0.25) is 5.91 Å². The number of hydrogen-bond donors (Lipinski definition) is 1. The van der Waals surface area contributed by atoms with Crippen LogP contribution in [0.3, 0.4) is 0 Å². The molecule has 8 heteroatoms. The summed E-state index contributed by atoms with van der Waals surface area (Å²) in [5.41, 5.74) is 2.60. The largest absolute Gasteiger partial charge is 0.487 e. The van der Waals surface area contributed by atoms with E-state index in [9.17, 15) is 14.9 Å². The maximum absolute atomic E-state index is 12.1. The number of ether oxygens (including phenoxy) is 1. The van der Waals surface area contributed by atoms with Crippen LogP contribution in [-0.4, -0.2) is 15.8 Å². The molecule has 148 valence electrons. The fourth-order valence-electron chi connectivity index (χ4n) is 2.55. The van der Waals surface area contributed by atoms with Gasteiger partial charge in [-0.25, -0.2) is 4.98 Å². The topological polar surface area (TPSA) is 94.4 Å². The lowest BCUT2D eigenvalue weighted by molar-refractivity contribution is -0.385. The van der Waals surface area contributed by atoms with Crippen molar-refractivity contribution in [3.8, 4) is 5.75 Å². The van der Waals surface area contributed by atoms with Crippen molar-refractivity contribution in [2.45, 2.75) is 20.5 Å². The Morgan fingerprint density at radius 2 is 2.00 bits per heavy atom. The number of hydrogen-bond acceptors (Lipinski definition) is 6. The molecule has 29 heavy (non-hydrogen) atoms. The molecule has 2 aromatic carbocycles. The second-order valence-corrected chi connectivity index (χ2v) is 7.36. The van der Waals surface area contributed by atoms with Gasteiger partial charge in [0.25, 0.3) is 5.69 Å². The van der Waals surface area contributed by atoms with Crippen LogP contribution in [0.4, 0.5) is 11.4 Å². The summed E-state index contributed by atoms with van der Waals surface area (Å²) in [5, 5.41) is 16.6. The zero-order chi connectivity index (χ0) is 20.8. The Bertz CT molecular complexity index is 1060. The van der Waals surface area contributed by atoms with Gasteiger partial charge in [0.1, 0.15) is 12.4 Å². The van der Waals surface area contributed by atoms with E-state index in [4.69, 9.17) is 4.74 Å². The summed E-state index contributed by atoms with van der Waals surface area (Å²) in [4.78, 5) is 26.9. The Morgan fingerprint density at radius 3 is 2.66 bits per heavy atom. The molecule has 1 amide bonds. The van der Waals surface area contributed by atoms with Gasteiger partial charge in [0, 0.05) is 28.8 Å². The quantitative estimate of drug-likeness (QED) is 0.340. The number of thiazole rings is 1. The van der Waals surface area contributed by atoms with Crippen LogP contribution in [0.15, 0.2) is 53.9 Å². The molecule has 1 heterocycles. The van der Waals surface area contributed by atoms with Gasteiger partial charge in [-0.15, -0.1) is 11.3 Å². The van der Waals surface area contributed by atoms with Crippen molar-refractivity contribution < 1.29 is 14.5 Å². The Kier molecular flexibility index (Phi) is 6.36. The Labute approximate surface area is 171 Å². The summed E-state index contributed by atoms with van der Waals surface area (Å²) in [5.74, 6) is 0.339. The average molecular weight is 409 g/mol. The summed E-state index contributed by atoms with van der Waals surface area (Å²) in [6.45, 7) is 4.01. The number of nitro groups is 1. The van der Waals surface area contributed by atoms with E-state index in [1.165, 1.54) is 12.1 Å². The molecule has 0 aliphatic carbocycles. The second-order valence-electron chi connectivity index (χ2n) is 6.30. The number of aromatic nitrogens is 1. The predicted molar refractivity (Wildman–Crippen MR) is 113 cm³/mol. The fourth-order valence-corrected chi connectivity index (χ4v) is 3.14. The van der Waals surface area contributed by atoms with Crippen LogP contribution in [-0.2, 0) is 11.4 Å². The third-order valence-corrected chi connectivity index (χ3v) is 4.86. The molecule has 0 radical (unpaired) electrons. The molecule has 0 saturated carbocycles. The zero-order valence-corrected chi connectivity index (χ0v) is 16.7. The van der Waals surface area contributed by atoms with Gasteiger partial charge < -0.3 is 10.1 Å². The average Bonchev–Trinajstić information content (AvgIpc) is 3.12. The van der Waals surface area contributed by atoms with Crippen LogP contribution in [0, 0.1) is 24.0 Å². The van der Waals surface area contributed by atoms with E-state index < -0.39 is 4.92 Å². The number of carbonyl (C=O) groups excluding carboxylic acids is 1. The van der Waals surface area contributed by atoms with Gasteiger partial charge in [-0.1, -0.05) is 18.2 Å². The lowest BCUT2D eigenvalue weighted by Crippen LogP contribution is -2.08. The summed E-state index contributed by atoms with van der Waals surface area (Å²) in [7, 11) is 0. The van der Waals surface area contributed by atoms with Crippen molar-refractivity contribution in [1.29, 1.82) is 0 Å². The summed E-state index contributed by atoms with van der Waals surface area (Å²) in [6, 6.07) is 11.9. The third kappa shape index (κ3) is 5.73. The van der Waals surface area contributed by atoms with E-state index in [1.54, 1.807) is 36.5 Å². The van der Waals surface area contributed by atoms with Crippen molar-refractivity contribution in [2.75, 3.05) is 5.32 Å². The maximum Gasteiger partial charge on any atom is 0.274 e. The molecule has 3 rings (SSSR count). The third-order valence-electron chi connectivity index (χ3n) is 4.03. The molecule has 1 aromatic heterocycles. The van der Waals surface area contributed by atoms with E-state index >= 15 is 0 Å². The van der Waals surface area contributed by atoms with Crippen LogP contribution in [0.1, 0.15) is 21.8 Å². The molecule has 0 unspecified atom stereocenters. The minimum atomic E-state index is -0.472. The SMILES string of the molecule is Cc1nc(COc2ccc(/C=C/C(=O)Nc3ccc(C)c([N+](=O)[O-])c3)cc2)cs1. The minimum Gasteiger partial charge on any atom is -0.487 e. The summed E-state index contributed by atoms with van der Waals surface area (Å²) < 4.78 is 5.69. The van der Waals surface area contributed by atoms with Gasteiger partial charge in [-0.05, 0) is 43.7 Å². The Morgan fingerprint density at radius 1 is 1.24 bits per heavy atom. The van der Waals surface area contributed by atoms with Crippen LogP contribution >= 0.6 is 11.3 Å². The van der Waals surface area contributed by atoms with Gasteiger partial charge in [-0.3, -0.25) is 14.9 Å². The Hall–Kier alpha value is -3.52. The van der Waals surface area contributed by atoms with Crippen molar-refractivity contribution in [2.24, 2.45) is 0 Å². The first-order valence-corrected chi connectivity index (χ1v) is 9.66. The van der Waals surface area contributed by atoms with Gasteiger partial charge in [0.05, 0.1) is 15.6 Å². The van der Waals surface area contributed by atoms with Crippen LogP contribution in [0.25, 0.3) is 6.08 Å². The van der Waals surface area contributed by atoms with Gasteiger partial charge >= 0.3 is 0 Å². The van der Waals surface area contributed by atoms with E-state index in [0.29, 0.717) is 23.6 Å². The van der Waals surface area contributed by atoms with Crippen molar-refractivity contribution in [1.82, 2.24) is 4.98 Å². The van der Waals surface area contributed by atoms with E-state index in [2.05, 4.69) is 10.3 Å². The van der Waals surface area contributed by atoms with E-state index in [1.807, 2.05) is 36.6 Å². The monoisotopic (exact) mass is 409 g/mol. The zero-order valence-electron chi connectivity index (χ0n) is 15.9. The lowest BCUT2D eigenvalue weighted by atomic mass is 10.2. The van der Waals surface area contributed by atoms with Crippen LogP contribution in [0.5, 0.6) is 5.75 Å². The molecule has 0 atom stereocenters. The highest BCUT2D eigenvalue weighted by molar-refractivity contribution is 7.09. The molecule has 0 aliphatic rings. The maximum atomic E-state index is 12.1. The van der Waals surface area contributed by atoms with Gasteiger partial charge in [-0.2, -0.15) is 0 Å². The number of anilines is 1. The number of rotatable bonds is 7. The molecule has 0 bridgehead atoms. The van der Waals surface area contributed by atoms with E-state index in [-0.39, 0.29) is 11.6 Å². The molecule has 0 saturated heterocycles. The summed E-state index contributed by atoms with van der Waals surface area (Å²) >= 11 is 1.58. The number of nitrogens with zero attached hydrogens (tertiary/aromatic N) is 2. The molecule has 3 aromatic rings. The number of benzene rings is 2. The van der Waals surface area contributed by atoms with Gasteiger partial charge in [0.15, 0.2) is 0 Å². The van der Waals surface area contributed by atoms with Crippen LogP contribution in [0.2, 0.25) is 0 Å². The highest BCUT2D eigenvalue weighted by Crippen LogP contribution is 2.22. The first-order chi connectivity index (χ1) is 13.9. The molecule has 0 spiro atoms. The molecule has 7 nitrogen and oxygen atoms in total. The standard InChI is InChI=1S/C21H19N3O4S/c1-14-3-7-17(11-20(14)24(26)27)23-21(25)10-6-16-4-8-19(9-5-16)28-12-18-13-29-15(2)22-18/h3-11,13H,12H2,1-2H3,(H,23,25)/b10-6+. The number of nitrogens with one attached hydrogen (secondary N) is 1. The number of aryl methyl sites for hydroxylation is 2. The van der Waals surface area contributed by atoms with Crippen molar-refractivity contribution in [3.05, 3.63) is 85.9 Å². The lowest BCUT2D eigenvalue weighted by Gasteiger charge is -2.05. The second kappa shape index (κ2) is 9.11. The smallest absolute Gasteiger partial charge is 0.274 e. The number of nitro benzene ring substituents is 1. The van der Waals surface area contributed by atoms with E-state index in [0.717, 1.165) is 16.3 Å². The normalized spacial score (nSPS) is 10.8. The number of carbonyl (C=O) groups is 1. The van der Waals surface area contributed by atoms with Crippen molar-refractivity contribution in [3.63, 3.8) is 0 Å². The van der Waals surface area contributed by atoms with Crippen LogP contribution < -0.4 is 10.1 Å². The molecule has 1 N–H and O–H groups in total. The first-order valence-electron chi connectivity index (χ1n) is 8.79. The van der Waals surface area contributed by atoms with Crippen molar-refractivity contribution >= 4 is 34.7 Å². The number of amides is 1. The Balaban J connectivity index is 1.56. The molecular weight excluding hydrogens is 390 g/mol. The highest BCUT2D eigenvalue weighted by Gasteiger charge is 2.11. The highest BCUT2D eigenvalue weighted by atomic mass is 32.1. The fraction of sp³-hybridized carbons (Fsp3) is 0.143. The molecule has 0 fully saturated rings. The predicted octanol–water partition coefficient (Wildman–Crippen LogP) is 4.90. The summed E-state index contributed by atoms with van der Waals surface area (Å²) in [6.07, 6.45) is 3.03.